The van der Waals surface area contributed by atoms with Gasteiger partial charge in [0.2, 0.25) is 0 Å². The summed E-state index contributed by atoms with van der Waals surface area (Å²) >= 11 is 0. The highest BCUT2D eigenvalue weighted by atomic mass is 19.1. The van der Waals surface area contributed by atoms with E-state index in [2.05, 4.69) is 15.1 Å². The summed E-state index contributed by atoms with van der Waals surface area (Å²) in [5.74, 6) is -0.192. The molecule has 1 saturated heterocycles. The van der Waals surface area contributed by atoms with Gasteiger partial charge in [0, 0.05) is 43.0 Å². The molecule has 2 aromatic carbocycles. The minimum absolute atomic E-state index is 0.0160. The molecule has 0 spiro atoms. The number of hydrogen-bond donors (Lipinski definition) is 0. The fourth-order valence-electron chi connectivity index (χ4n) is 3.86. The molecule has 0 saturated carbocycles. The third kappa shape index (κ3) is 4.35. The molecule has 1 fully saturated rings. The SMILES string of the molecule is CN(C(=O)c1cccc(-n2cnnc2)c1)C1CCCN(Cc2ccccc2F)C1. The van der Waals surface area contributed by atoms with Crippen molar-refractivity contribution in [2.75, 3.05) is 20.1 Å². The second-order valence-electron chi connectivity index (χ2n) is 7.46. The highest BCUT2D eigenvalue weighted by Crippen LogP contribution is 2.20. The van der Waals surface area contributed by atoms with Crippen LogP contribution in [0.1, 0.15) is 28.8 Å². The number of hydrogen-bond acceptors (Lipinski definition) is 4. The smallest absolute Gasteiger partial charge is 0.253 e. The molecule has 3 aromatic rings. The number of benzene rings is 2. The van der Waals surface area contributed by atoms with E-state index in [1.807, 2.05) is 48.3 Å². The van der Waals surface area contributed by atoms with E-state index in [1.165, 1.54) is 6.07 Å². The first-order valence-electron chi connectivity index (χ1n) is 9.80. The van der Waals surface area contributed by atoms with Crippen LogP contribution >= 0.6 is 0 Å². The Hall–Kier alpha value is -3.06. The maximum Gasteiger partial charge on any atom is 0.253 e. The van der Waals surface area contributed by atoms with Crippen molar-refractivity contribution in [3.63, 3.8) is 0 Å². The molecule has 2 heterocycles. The van der Waals surface area contributed by atoms with E-state index in [4.69, 9.17) is 0 Å². The standard InChI is InChI=1S/C22H24FN5O/c1-26(22(29)17-7-4-8-19(12-17)28-15-24-25-16-28)20-9-5-11-27(14-20)13-18-6-2-3-10-21(18)23/h2-4,6-8,10,12,15-16,20H,5,9,11,13-14H2,1H3. The average Bonchev–Trinajstić information content (AvgIpc) is 3.30. The van der Waals surface area contributed by atoms with Crippen LogP contribution in [-0.2, 0) is 6.54 Å². The number of carbonyl (C=O) groups is 1. The van der Waals surface area contributed by atoms with Crippen LogP contribution in [0.5, 0.6) is 0 Å². The van der Waals surface area contributed by atoms with Crippen molar-refractivity contribution in [3.05, 3.63) is 78.1 Å². The Balaban J connectivity index is 1.45. The van der Waals surface area contributed by atoms with Gasteiger partial charge in [0.15, 0.2) is 0 Å². The molecule has 0 bridgehead atoms. The molecule has 6 nitrogen and oxygen atoms in total. The first kappa shape index (κ1) is 19.3. The maximum atomic E-state index is 14.0. The van der Waals surface area contributed by atoms with Crippen molar-refractivity contribution in [3.8, 4) is 5.69 Å². The van der Waals surface area contributed by atoms with Crippen LogP contribution in [0.15, 0.2) is 61.2 Å². The third-order valence-corrected chi connectivity index (χ3v) is 5.51. The van der Waals surface area contributed by atoms with E-state index in [1.54, 1.807) is 23.3 Å². The minimum Gasteiger partial charge on any atom is -0.337 e. The summed E-state index contributed by atoms with van der Waals surface area (Å²) in [5.41, 5.74) is 2.17. The monoisotopic (exact) mass is 393 g/mol. The lowest BCUT2D eigenvalue weighted by atomic mass is 10.0. The van der Waals surface area contributed by atoms with E-state index in [0.29, 0.717) is 17.7 Å². The Bertz CT molecular complexity index is 975. The lowest BCUT2D eigenvalue weighted by Gasteiger charge is -2.37. The van der Waals surface area contributed by atoms with Gasteiger partial charge in [-0.25, -0.2) is 4.39 Å². The maximum absolute atomic E-state index is 14.0. The van der Waals surface area contributed by atoms with Crippen molar-refractivity contribution < 1.29 is 9.18 Å². The van der Waals surface area contributed by atoms with Gasteiger partial charge in [-0.1, -0.05) is 24.3 Å². The Kier molecular flexibility index (Phi) is 5.67. The number of carbonyl (C=O) groups excluding carboxylic acids is 1. The molecule has 0 aliphatic carbocycles. The van der Waals surface area contributed by atoms with Gasteiger partial charge in [-0.15, -0.1) is 10.2 Å². The zero-order valence-electron chi connectivity index (χ0n) is 16.4. The van der Waals surface area contributed by atoms with Crippen LogP contribution < -0.4 is 0 Å². The van der Waals surface area contributed by atoms with Gasteiger partial charge in [0.25, 0.3) is 5.91 Å². The van der Waals surface area contributed by atoms with Gasteiger partial charge in [-0.2, -0.15) is 0 Å². The second kappa shape index (κ2) is 8.53. The number of piperidine rings is 1. The number of nitrogens with zero attached hydrogens (tertiary/aromatic N) is 5. The van der Waals surface area contributed by atoms with E-state index in [9.17, 15) is 9.18 Å². The summed E-state index contributed by atoms with van der Waals surface area (Å²) in [6.45, 7) is 2.21. The zero-order valence-corrected chi connectivity index (χ0v) is 16.4. The molecular weight excluding hydrogens is 369 g/mol. The Morgan fingerprint density at radius 2 is 1.97 bits per heavy atom. The molecular formula is C22H24FN5O. The fourth-order valence-corrected chi connectivity index (χ4v) is 3.86. The first-order chi connectivity index (χ1) is 14.1. The molecule has 0 radical (unpaired) electrons. The number of likely N-dealkylation sites (tertiary alicyclic amines) is 1. The van der Waals surface area contributed by atoms with Crippen molar-refractivity contribution in [1.29, 1.82) is 0 Å². The summed E-state index contributed by atoms with van der Waals surface area (Å²) in [6, 6.07) is 14.4. The molecule has 1 aromatic heterocycles. The van der Waals surface area contributed by atoms with Crippen LogP contribution in [0.3, 0.4) is 0 Å². The highest BCUT2D eigenvalue weighted by molar-refractivity contribution is 5.94. The molecule has 4 rings (SSSR count). The van der Waals surface area contributed by atoms with Gasteiger partial charge in [0.1, 0.15) is 18.5 Å². The van der Waals surface area contributed by atoms with Crippen LogP contribution in [0.2, 0.25) is 0 Å². The molecule has 0 N–H and O–H groups in total. The van der Waals surface area contributed by atoms with Gasteiger partial charge < -0.3 is 4.90 Å². The summed E-state index contributed by atoms with van der Waals surface area (Å²) in [7, 11) is 1.85. The quantitative estimate of drug-likeness (QED) is 0.668. The van der Waals surface area contributed by atoms with Crippen molar-refractivity contribution in [2.45, 2.75) is 25.4 Å². The van der Waals surface area contributed by atoms with E-state index in [-0.39, 0.29) is 17.8 Å². The third-order valence-electron chi connectivity index (χ3n) is 5.51. The minimum atomic E-state index is -0.176. The van der Waals surface area contributed by atoms with Gasteiger partial charge in [-0.3, -0.25) is 14.3 Å². The number of likely N-dealkylation sites (N-methyl/N-ethyl adjacent to an activating group) is 1. The highest BCUT2D eigenvalue weighted by Gasteiger charge is 2.27. The number of amides is 1. The van der Waals surface area contributed by atoms with Crippen LogP contribution in [0, 0.1) is 5.82 Å². The fraction of sp³-hybridized carbons (Fsp3) is 0.318. The lowest BCUT2D eigenvalue weighted by molar-refractivity contribution is 0.0608. The van der Waals surface area contributed by atoms with Crippen LogP contribution in [0.25, 0.3) is 5.69 Å². The molecule has 1 unspecified atom stereocenters. The summed E-state index contributed by atoms with van der Waals surface area (Å²) in [5, 5.41) is 7.63. The van der Waals surface area contributed by atoms with Crippen molar-refractivity contribution >= 4 is 5.91 Å². The molecule has 1 atom stereocenters. The number of halogens is 1. The van der Waals surface area contributed by atoms with Crippen molar-refractivity contribution in [1.82, 2.24) is 24.6 Å². The number of rotatable bonds is 5. The van der Waals surface area contributed by atoms with Crippen LogP contribution in [0.4, 0.5) is 4.39 Å². The Morgan fingerprint density at radius 3 is 2.76 bits per heavy atom. The van der Waals surface area contributed by atoms with E-state index >= 15 is 0 Å². The van der Waals surface area contributed by atoms with E-state index < -0.39 is 0 Å². The molecule has 29 heavy (non-hydrogen) atoms. The normalized spacial score (nSPS) is 17.2. The van der Waals surface area contributed by atoms with Crippen LogP contribution in [-0.4, -0.2) is 56.7 Å². The zero-order chi connectivity index (χ0) is 20.2. The Morgan fingerprint density at radius 1 is 1.17 bits per heavy atom. The predicted molar refractivity (Wildman–Crippen MR) is 108 cm³/mol. The molecule has 1 aliphatic rings. The number of aromatic nitrogens is 3. The molecule has 1 amide bonds. The first-order valence-corrected chi connectivity index (χ1v) is 9.80. The second-order valence-corrected chi connectivity index (χ2v) is 7.46. The predicted octanol–water partition coefficient (Wildman–Crippen LogP) is 3.14. The lowest BCUT2D eigenvalue weighted by Crippen LogP contribution is -2.48. The Labute approximate surface area is 169 Å². The van der Waals surface area contributed by atoms with Crippen molar-refractivity contribution in [2.24, 2.45) is 0 Å². The van der Waals surface area contributed by atoms with Gasteiger partial charge in [-0.05, 0) is 43.7 Å². The summed E-state index contributed by atoms with van der Waals surface area (Å²) in [6.07, 6.45) is 5.14. The molecule has 150 valence electrons. The summed E-state index contributed by atoms with van der Waals surface area (Å²) < 4.78 is 15.8. The average molecular weight is 393 g/mol. The topological polar surface area (TPSA) is 54.3 Å². The van der Waals surface area contributed by atoms with E-state index in [0.717, 1.165) is 31.6 Å². The molecule has 7 heteroatoms. The van der Waals surface area contributed by atoms with Gasteiger partial charge >= 0.3 is 0 Å². The molecule has 1 aliphatic heterocycles. The summed E-state index contributed by atoms with van der Waals surface area (Å²) in [4.78, 5) is 17.1. The van der Waals surface area contributed by atoms with Gasteiger partial charge in [0.05, 0.1) is 0 Å². The largest absolute Gasteiger partial charge is 0.337 e.